The summed E-state index contributed by atoms with van der Waals surface area (Å²) in [5.74, 6) is -0.675. The minimum Gasteiger partial charge on any atom is -0.370 e. The van der Waals surface area contributed by atoms with Crippen molar-refractivity contribution in [3.05, 3.63) is 93.2 Å². The number of nitrogens with zero attached hydrogens (tertiary/aromatic N) is 3. The zero-order valence-corrected chi connectivity index (χ0v) is 17.2. The Bertz CT molecular complexity index is 1230. The second kappa shape index (κ2) is 8.77. The number of rotatable bonds is 7. The summed E-state index contributed by atoms with van der Waals surface area (Å²) in [7, 11) is 0. The van der Waals surface area contributed by atoms with E-state index in [4.69, 9.17) is 4.74 Å². The standard InChI is InChI=1S/C23H22F2N4O2/c1-14-8-10-17(11-9-14)15(2)29-22-19(23(30)27-21(26-22)20(24)25)18(28-29)13-31-12-16-6-4-3-5-7-16/h3-11,15,20H,12-13H2,1-2H3,(H,26,27,30). The Morgan fingerprint density at radius 2 is 1.77 bits per heavy atom. The highest BCUT2D eigenvalue weighted by Crippen LogP contribution is 2.25. The highest BCUT2D eigenvalue weighted by Gasteiger charge is 2.23. The fourth-order valence-electron chi connectivity index (χ4n) is 3.43. The number of benzene rings is 2. The van der Waals surface area contributed by atoms with Crippen molar-refractivity contribution in [3.8, 4) is 0 Å². The number of alkyl halides is 2. The van der Waals surface area contributed by atoms with Crippen molar-refractivity contribution in [3.63, 3.8) is 0 Å². The van der Waals surface area contributed by atoms with Crippen molar-refractivity contribution >= 4 is 11.0 Å². The Balaban J connectivity index is 1.73. The first-order valence-corrected chi connectivity index (χ1v) is 9.91. The highest BCUT2D eigenvalue weighted by molar-refractivity contribution is 5.77. The Morgan fingerprint density at radius 3 is 2.45 bits per heavy atom. The third kappa shape index (κ3) is 4.39. The van der Waals surface area contributed by atoms with Crippen molar-refractivity contribution in [1.29, 1.82) is 0 Å². The van der Waals surface area contributed by atoms with Crippen LogP contribution in [0.1, 0.15) is 47.6 Å². The molecule has 2 aromatic heterocycles. The van der Waals surface area contributed by atoms with Gasteiger partial charge in [0.2, 0.25) is 0 Å². The highest BCUT2D eigenvalue weighted by atomic mass is 19.3. The third-order valence-electron chi connectivity index (χ3n) is 5.14. The van der Waals surface area contributed by atoms with E-state index >= 15 is 0 Å². The van der Waals surface area contributed by atoms with Crippen LogP contribution >= 0.6 is 0 Å². The number of fused-ring (bicyclic) bond motifs is 1. The number of halogens is 2. The van der Waals surface area contributed by atoms with Gasteiger partial charge < -0.3 is 9.72 Å². The summed E-state index contributed by atoms with van der Waals surface area (Å²) in [5, 5.41) is 4.71. The number of hydrogen-bond donors (Lipinski definition) is 1. The van der Waals surface area contributed by atoms with Crippen LogP contribution in [0, 0.1) is 6.92 Å². The predicted molar refractivity (Wildman–Crippen MR) is 113 cm³/mol. The molecule has 0 saturated carbocycles. The maximum Gasteiger partial charge on any atom is 0.295 e. The molecular weight excluding hydrogens is 402 g/mol. The molecule has 0 spiro atoms. The van der Waals surface area contributed by atoms with E-state index in [0.29, 0.717) is 12.3 Å². The molecule has 0 aliphatic carbocycles. The Hall–Kier alpha value is -3.39. The van der Waals surface area contributed by atoms with Crippen LogP contribution in [-0.2, 0) is 18.0 Å². The van der Waals surface area contributed by atoms with Gasteiger partial charge in [0.25, 0.3) is 12.0 Å². The molecule has 8 heteroatoms. The Labute approximate surface area is 177 Å². The minimum absolute atomic E-state index is 0.0534. The van der Waals surface area contributed by atoms with Crippen molar-refractivity contribution in [2.24, 2.45) is 0 Å². The fourth-order valence-corrected chi connectivity index (χ4v) is 3.43. The van der Waals surface area contributed by atoms with Crippen LogP contribution in [0.2, 0.25) is 0 Å². The maximum atomic E-state index is 13.3. The van der Waals surface area contributed by atoms with E-state index < -0.39 is 17.8 Å². The van der Waals surface area contributed by atoms with Crippen LogP contribution in [0.15, 0.2) is 59.4 Å². The van der Waals surface area contributed by atoms with Crippen LogP contribution in [0.4, 0.5) is 8.78 Å². The molecule has 0 aliphatic heterocycles. The fraction of sp³-hybridized carbons (Fsp3) is 0.261. The van der Waals surface area contributed by atoms with Gasteiger partial charge in [0, 0.05) is 0 Å². The van der Waals surface area contributed by atoms with Crippen LogP contribution in [-0.4, -0.2) is 19.7 Å². The number of aromatic amines is 1. The van der Waals surface area contributed by atoms with E-state index in [1.807, 2.05) is 68.4 Å². The molecule has 160 valence electrons. The first-order valence-electron chi connectivity index (χ1n) is 9.91. The maximum absolute atomic E-state index is 13.3. The number of aryl methyl sites for hydroxylation is 1. The predicted octanol–water partition coefficient (Wildman–Crippen LogP) is 4.69. The first kappa shape index (κ1) is 20.9. The van der Waals surface area contributed by atoms with Crippen molar-refractivity contribution in [1.82, 2.24) is 19.7 Å². The SMILES string of the molecule is Cc1ccc(C(C)n2nc(COCc3ccccc3)c3c(=O)[nH]c(C(F)F)nc32)cc1. The van der Waals surface area contributed by atoms with E-state index in [0.717, 1.165) is 16.7 Å². The Morgan fingerprint density at radius 1 is 1.06 bits per heavy atom. The number of nitrogens with one attached hydrogen (secondary N) is 1. The van der Waals surface area contributed by atoms with Gasteiger partial charge in [-0.25, -0.2) is 18.4 Å². The summed E-state index contributed by atoms with van der Waals surface area (Å²) in [5.41, 5.74) is 2.83. The molecule has 1 N–H and O–H groups in total. The molecule has 2 aromatic carbocycles. The van der Waals surface area contributed by atoms with Crippen molar-refractivity contribution < 1.29 is 13.5 Å². The van der Waals surface area contributed by atoms with Gasteiger partial charge in [-0.05, 0) is 25.0 Å². The lowest BCUT2D eigenvalue weighted by molar-refractivity contribution is 0.105. The zero-order chi connectivity index (χ0) is 22.0. The quantitative estimate of drug-likeness (QED) is 0.467. The van der Waals surface area contributed by atoms with Gasteiger partial charge in [-0.1, -0.05) is 60.2 Å². The molecule has 2 heterocycles. The van der Waals surface area contributed by atoms with Gasteiger partial charge in [0.1, 0.15) is 11.1 Å². The molecule has 0 bridgehead atoms. The van der Waals surface area contributed by atoms with Gasteiger partial charge in [0.15, 0.2) is 11.5 Å². The van der Waals surface area contributed by atoms with Gasteiger partial charge >= 0.3 is 0 Å². The molecule has 6 nitrogen and oxygen atoms in total. The number of aromatic nitrogens is 4. The van der Waals surface area contributed by atoms with Crippen LogP contribution < -0.4 is 5.56 Å². The average molecular weight is 424 g/mol. The van der Waals surface area contributed by atoms with Crippen LogP contribution in [0.3, 0.4) is 0 Å². The van der Waals surface area contributed by atoms with E-state index in [-0.39, 0.29) is 23.7 Å². The Kier molecular flexibility index (Phi) is 5.90. The lowest BCUT2D eigenvalue weighted by Crippen LogP contribution is -2.15. The summed E-state index contributed by atoms with van der Waals surface area (Å²) in [4.78, 5) is 18.8. The molecule has 1 unspecified atom stereocenters. The number of hydrogen-bond acceptors (Lipinski definition) is 4. The molecular formula is C23H22F2N4O2. The molecule has 0 saturated heterocycles. The number of H-pyrrole nitrogens is 1. The van der Waals surface area contributed by atoms with Gasteiger partial charge in [0.05, 0.1) is 19.3 Å². The van der Waals surface area contributed by atoms with Crippen molar-refractivity contribution in [2.45, 2.75) is 39.5 Å². The molecule has 4 aromatic rings. The van der Waals surface area contributed by atoms with Gasteiger partial charge in [-0.3, -0.25) is 4.79 Å². The lowest BCUT2D eigenvalue weighted by Gasteiger charge is -2.14. The van der Waals surface area contributed by atoms with E-state index in [2.05, 4.69) is 15.1 Å². The average Bonchev–Trinajstić information content (AvgIpc) is 3.13. The molecule has 0 amide bonds. The summed E-state index contributed by atoms with van der Waals surface area (Å²) >= 11 is 0. The van der Waals surface area contributed by atoms with E-state index in [1.54, 1.807) is 0 Å². The van der Waals surface area contributed by atoms with E-state index in [1.165, 1.54) is 4.68 Å². The monoisotopic (exact) mass is 424 g/mol. The second-order valence-corrected chi connectivity index (χ2v) is 7.41. The topological polar surface area (TPSA) is 72.8 Å². The summed E-state index contributed by atoms with van der Waals surface area (Å²) in [6.45, 7) is 4.26. The van der Waals surface area contributed by atoms with Crippen LogP contribution in [0.5, 0.6) is 0 Å². The van der Waals surface area contributed by atoms with Gasteiger partial charge in [-0.15, -0.1) is 0 Å². The molecule has 31 heavy (non-hydrogen) atoms. The van der Waals surface area contributed by atoms with Crippen molar-refractivity contribution in [2.75, 3.05) is 0 Å². The normalized spacial score (nSPS) is 12.5. The summed E-state index contributed by atoms with van der Waals surface area (Å²) < 4.78 is 33.8. The summed E-state index contributed by atoms with van der Waals surface area (Å²) in [6, 6.07) is 17.1. The largest absolute Gasteiger partial charge is 0.370 e. The first-order chi connectivity index (χ1) is 14.9. The molecule has 0 radical (unpaired) electrons. The van der Waals surface area contributed by atoms with Gasteiger partial charge in [-0.2, -0.15) is 5.10 Å². The lowest BCUT2D eigenvalue weighted by atomic mass is 10.1. The molecule has 4 rings (SSSR count). The minimum atomic E-state index is -2.90. The van der Waals surface area contributed by atoms with E-state index in [9.17, 15) is 13.6 Å². The zero-order valence-electron chi connectivity index (χ0n) is 17.2. The molecule has 0 aliphatic rings. The third-order valence-corrected chi connectivity index (χ3v) is 5.14. The molecule has 1 atom stereocenters. The second-order valence-electron chi connectivity index (χ2n) is 7.41. The van der Waals surface area contributed by atoms with Crippen LogP contribution in [0.25, 0.3) is 11.0 Å². The molecule has 0 fully saturated rings. The summed E-state index contributed by atoms with van der Waals surface area (Å²) in [6.07, 6.45) is -2.90. The smallest absolute Gasteiger partial charge is 0.295 e. The number of ether oxygens (including phenoxy) is 1.